The SMILES string of the molecule is CCNC(=O)c1ccc2c(c1)N(Cc1cc(F)cc3c1OCOC3)C(=O)/C2=N\O. The Morgan fingerprint density at radius 3 is 2.93 bits per heavy atom. The third kappa shape index (κ3) is 3.29. The van der Waals surface area contributed by atoms with Gasteiger partial charge in [0.15, 0.2) is 12.5 Å². The Hall–Kier alpha value is -3.46. The van der Waals surface area contributed by atoms with E-state index in [0.717, 1.165) is 0 Å². The number of ether oxygens (including phenoxy) is 2. The van der Waals surface area contributed by atoms with E-state index < -0.39 is 11.7 Å². The molecule has 0 radical (unpaired) electrons. The molecule has 2 aromatic rings. The van der Waals surface area contributed by atoms with Crippen molar-refractivity contribution >= 4 is 23.2 Å². The molecule has 8 nitrogen and oxygen atoms in total. The van der Waals surface area contributed by atoms with Crippen LogP contribution in [0.25, 0.3) is 0 Å². The molecule has 2 aromatic carbocycles. The van der Waals surface area contributed by atoms with E-state index in [2.05, 4.69) is 10.5 Å². The number of halogens is 1. The second-order valence-corrected chi connectivity index (χ2v) is 6.60. The van der Waals surface area contributed by atoms with Crippen molar-refractivity contribution in [1.29, 1.82) is 0 Å². The molecule has 0 unspecified atom stereocenters. The van der Waals surface area contributed by atoms with Crippen molar-refractivity contribution in [2.75, 3.05) is 18.2 Å². The van der Waals surface area contributed by atoms with E-state index in [1.807, 2.05) is 0 Å². The van der Waals surface area contributed by atoms with Gasteiger partial charge in [-0.25, -0.2) is 4.39 Å². The fourth-order valence-electron chi connectivity index (χ4n) is 3.51. The topological polar surface area (TPSA) is 100 Å². The highest BCUT2D eigenvalue weighted by Gasteiger charge is 2.36. The molecule has 0 bridgehead atoms. The van der Waals surface area contributed by atoms with Gasteiger partial charge in [0.05, 0.1) is 18.8 Å². The van der Waals surface area contributed by atoms with Gasteiger partial charge in [0, 0.05) is 28.8 Å². The molecular weight excluding hydrogens is 381 g/mol. The lowest BCUT2D eigenvalue weighted by molar-refractivity contribution is -0.112. The monoisotopic (exact) mass is 399 g/mol. The number of carbonyl (C=O) groups is 2. The molecule has 2 aliphatic rings. The van der Waals surface area contributed by atoms with E-state index >= 15 is 0 Å². The predicted octanol–water partition coefficient (Wildman–Crippen LogP) is 2.17. The summed E-state index contributed by atoms with van der Waals surface area (Å²) in [6, 6.07) is 7.27. The first kappa shape index (κ1) is 18.9. The standard InChI is InChI=1S/C20H18FN3O5/c1-2-22-19(25)11-3-4-15-16(7-11)24(20(26)17(15)23-27)8-12-5-14(21)6-13-9-28-10-29-18(12)13/h3-7,27H,2,8-10H2,1H3,(H,22,25)/b23-17-. The minimum atomic E-state index is -0.555. The highest BCUT2D eigenvalue weighted by atomic mass is 19.1. The summed E-state index contributed by atoms with van der Waals surface area (Å²) < 4.78 is 24.8. The quantitative estimate of drug-likeness (QED) is 0.606. The summed E-state index contributed by atoms with van der Waals surface area (Å²) in [5, 5.41) is 15.1. The van der Waals surface area contributed by atoms with E-state index in [1.54, 1.807) is 25.1 Å². The molecule has 0 saturated heterocycles. The number of nitrogens with one attached hydrogen (secondary N) is 1. The zero-order valence-electron chi connectivity index (χ0n) is 15.6. The van der Waals surface area contributed by atoms with Gasteiger partial charge in [0.2, 0.25) is 0 Å². The summed E-state index contributed by atoms with van der Waals surface area (Å²) in [5.74, 6) is -0.866. The van der Waals surface area contributed by atoms with Crippen molar-refractivity contribution in [3.8, 4) is 5.75 Å². The Morgan fingerprint density at radius 2 is 2.17 bits per heavy atom. The van der Waals surface area contributed by atoms with Gasteiger partial charge in [-0.3, -0.25) is 9.59 Å². The molecule has 2 N–H and O–H groups in total. The van der Waals surface area contributed by atoms with Crippen LogP contribution < -0.4 is 15.0 Å². The number of amides is 2. The number of hydrogen-bond acceptors (Lipinski definition) is 6. The number of hydrogen-bond donors (Lipinski definition) is 2. The lowest BCUT2D eigenvalue weighted by Gasteiger charge is -2.24. The van der Waals surface area contributed by atoms with Gasteiger partial charge in [0.1, 0.15) is 11.6 Å². The molecule has 0 saturated carbocycles. The first-order valence-electron chi connectivity index (χ1n) is 9.01. The first-order valence-corrected chi connectivity index (χ1v) is 9.01. The van der Waals surface area contributed by atoms with Crippen molar-refractivity contribution < 1.29 is 28.7 Å². The first-order chi connectivity index (χ1) is 14.0. The number of rotatable bonds is 4. The van der Waals surface area contributed by atoms with Crippen LogP contribution in [0.15, 0.2) is 35.5 Å². The van der Waals surface area contributed by atoms with Crippen LogP contribution in [0, 0.1) is 5.82 Å². The van der Waals surface area contributed by atoms with Gasteiger partial charge in [-0.1, -0.05) is 5.16 Å². The summed E-state index contributed by atoms with van der Waals surface area (Å²) in [4.78, 5) is 26.4. The number of carbonyl (C=O) groups excluding carboxylic acids is 2. The molecule has 2 amide bonds. The number of nitrogens with zero attached hydrogens (tertiary/aromatic N) is 2. The maximum atomic E-state index is 14.1. The lowest BCUT2D eigenvalue weighted by atomic mass is 10.1. The Balaban J connectivity index is 1.76. The highest BCUT2D eigenvalue weighted by molar-refractivity contribution is 6.54. The van der Waals surface area contributed by atoms with Crippen LogP contribution in [0.1, 0.15) is 34.0 Å². The average Bonchev–Trinajstić information content (AvgIpc) is 2.98. The van der Waals surface area contributed by atoms with E-state index in [1.165, 1.54) is 17.0 Å². The maximum Gasteiger partial charge on any atom is 0.281 e. The number of anilines is 1. The van der Waals surface area contributed by atoms with Gasteiger partial charge < -0.3 is 24.9 Å². The Labute approximate surface area is 165 Å². The van der Waals surface area contributed by atoms with Crippen LogP contribution in [0.2, 0.25) is 0 Å². The molecule has 0 spiro atoms. The van der Waals surface area contributed by atoms with Gasteiger partial charge in [0.25, 0.3) is 11.8 Å². The summed E-state index contributed by atoms with van der Waals surface area (Å²) in [6.45, 7) is 2.46. The summed E-state index contributed by atoms with van der Waals surface area (Å²) >= 11 is 0. The van der Waals surface area contributed by atoms with E-state index in [-0.39, 0.29) is 31.6 Å². The van der Waals surface area contributed by atoms with Gasteiger partial charge in [-0.2, -0.15) is 0 Å². The molecule has 4 rings (SSSR count). The fourth-order valence-corrected chi connectivity index (χ4v) is 3.51. The normalized spacial score (nSPS) is 16.4. The molecule has 0 atom stereocenters. The van der Waals surface area contributed by atoms with Crippen molar-refractivity contribution in [3.63, 3.8) is 0 Å². The largest absolute Gasteiger partial charge is 0.467 e. The van der Waals surface area contributed by atoms with E-state index in [0.29, 0.717) is 40.2 Å². The molecule has 0 aromatic heterocycles. The second kappa shape index (κ2) is 7.51. The fraction of sp³-hybridized carbons (Fsp3) is 0.250. The predicted molar refractivity (Wildman–Crippen MR) is 101 cm³/mol. The lowest BCUT2D eigenvalue weighted by Crippen LogP contribution is -2.30. The maximum absolute atomic E-state index is 14.1. The van der Waals surface area contributed by atoms with Crippen LogP contribution in [-0.2, 0) is 22.7 Å². The van der Waals surface area contributed by atoms with E-state index in [9.17, 15) is 19.2 Å². The van der Waals surface area contributed by atoms with Crippen molar-refractivity contribution in [3.05, 3.63) is 58.4 Å². The Bertz CT molecular complexity index is 1040. The minimum absolute atomic E-state index is 0.0240. The average molecular weight is 399 g/mol. The molecule has 0 aliphatic carbocycles. The Kier molecular flexibility index (Phi) is 4.89. The van der Waals surface area contributed by atoms with Crippen LogP contribution in [0.5, 0.6) is 5.75 Å². The Morgan fingerprint density at radius 1 is 1.34 bits per heavy atom. The molecule has 150 valence electrons. The summed E-state index contributed by atoms with van der Waals surface area (Å²) in [5.41, 5.74) is 2.00. The van der Waals surface area contributed by atoms with Gasteiger partial charge >= 0.3 is 0 Å². The smallest absolute Gasteiger partial charge is 0.281 e. The highest BCUT2D eigenvalue weighted by Crippen LogP contribution is 2.36. The van der Waals surface area contributed by atoms with Crippen LogP contribution >= 0.6 is 0 Å². The zero-order chi connectivity index (χ0) is 20.5. The van der Waals surface area contributed by atoms with Crippen LogP contribution in [0.4, 0.5) is 10.1 Å². The molecular formula is C20H18FN3O5. The zero-order valence-corrected chi connectivity index (χ0v) is 15.6. The van der Waals surface area contributed by atoms with Crippen molar-refractivity contribution in [2.24, 2.45) is 5.16 Å². The molecule has 2 aliphatic heterocycles. The number of oxime groups is 1. The van der Waals surface area contributed by atoms with Crippen LogP contribution in [0.3, 0.4) is 0 Å². The molecule has 0 fully saturated rings. The van der Waals surface area contributed by atoms with Crippen LogP contribution in [-0.4, -0.2) is 36.1 Å². The number of fused-ring (bicyclic) bond motifs is 2. The van der Waals surface area contributed by atoms with Crippen molar-refractivity contribution in [1.82, 2.24) is 5.32 Å². The molecule has 9 heteroatoms. The van der Waals surface area contributed by atoms with E-state index in [4.69, 9.17) is 9.47 Å². The third-order valence-electron chi connectivity index (χ3n) is 4.77. The van der Waals surface area contributed by atoms with Crippen molar-refractivity contribution in [2.45, 2.75) is 20.1 Å². The third-order valence-corrected chi connectivity index (χ3v) is 4.77. The molecule has 2 heterocycles. The minimum Gasteiger partial charge on any atom is -0.467 e. The summed E-state index contributed by atoms with van der Waals surface area (Å²) in [7, 11) is 0. The molecule has 29 heavy (non-hydrogen) atoms. The number of benzene rings is 2. The van der Waals surface area contributed by atoms with Gasteiger partial charge in [-0.05, 0) is 37.3 Å². The summed E-state index contributed by atoms with van der Waals surface area (Å²) in [6.07, 6.45) is 0. The van der Waals surface area contributed by atoms with Gasteiger partial charge in [-0.15, -0.1) is 0 Å². The second-order valence-electron chi connectivity index (χ2n) is 6.60.